The van der Waals surface area contributed by atoms with Crippen LogP contribution in [-0.2, 0) is 16.4 Å². The van der Waals surface area contributed by atoms with E-state index in [1.165, 1.54) is 13.9 Å². The number of thioether (sulfide) groups is 1. The summed E-state index contributed by atoms with van der Waals surface area (Å²) in [5.41, 5.74) is 3.33. The van der Waals surface area contributed by atoms with E-state index in [-0.39, 0.29) is 10.8 Å². The number of amides is 1. The summed E-state index contributed by atoms with van der Waals surface area (Å²) in [6.45, 7) is 3.06. The summed E-state index contributed by atoms with van der Waals surface area (Å²) in [5.74, 6) is -0.0779. The lowest BCUT2D eigenvalue weighted by atomic mass is 10.0. The van der Waals surface area contributed by atoms with Crippen LogP contribution in [0.15, 0.2) is 76.5 Å². The zero-order valence-electron chi connectivity index (χ0n) is 21.0. The van der Waals surface area contributed by atoms with Gasteiger partial charge in [0.15, 0.2) is 5.13 Å². The number of carbonyl (C=O) groups excluding carboxylic acids is 1. The Hall–Kier alpha value is -3.08. The van der Waals surface area contributed by atoms with E-state index in [9.17, 15) is 13.2 Å². The Balaban J connectivity index is 1.14. The molecule has 4 aromatic rings. The predicted octanol–water partition coefficient (Wildman–Crippen LogP) is 5.12. The maximum Gasteiger partial charge on any atom is 0.264 e. The highest BCUT2D eigenvalue weighted by Crippen LogP contribution is 2.35. The third-order valence-electron chi connectivity index (χ3n) is 7.18. The molecule has 0 bridgehead atoms. The molecule has 1 fully saturated rings. The van der Waals surface area contributed by atoms with Gasteiger partial charge in [-0.05, 0) is 67.1 Å². The van der Waals surface area contributed by atoms with Crippen molar-refractivity contribution < 1.29 is 13.2 Å². The van der Waals surface area contributed by atoms with Crippen molar-refractivity contribution in [3.05, 3.63) is 77.9 Å². The number of aromatic nitrogens is 1. The number of thiazole rings is 1. The highest BCUT2D eigenvalue weighted by atomic mass is 32.2. The molecule has 196 valence electrons. The van der Waals surface area contributed by atoms with E-state index < -0.39 is 10.0 Å². The van der Waals surface area contributed by atoms with Crippen LogP contribution >= 0.6 is 23.1 Å². The standard InChI is InChI=1S/C28H28N4O3S3/c1-36-24-9-4-10-25-26(24)29-28(37-25)31-18-16-30(17-19-31)27(33)21-11-13-22(14-12-21)38(34,35)32-15-5-7-20-6-2-3-8-23(20)32/h2-4,6,8-14H,5,7,15-19H2,1H3. The van der Waals surface area contributed by atoms with Gasteiger partial charge in [-0.15, -0.1) is 11.8 Å². The molecule has 1 aromatic heterocycles. The molecule has 38 heavy (non-hydrogen) atoms. The topological polar surface area (TPSA) is 73.8 Å². The zero-order valence-corrected chi connectivity index (χ0v) is 23.5. The Morgan fingerprint density at radius 3 is 2.45 bits per heavy atom. The number of fused-ring (bicyclic) bond motifs is 2. The first-order valence-electron chi connectivity index (χ1n) is 12.6. The Bertz CT molecular complexity index is 1590. The summed E-state index contributed by atoms with van der Waals surface area (Å²) >= 11 is 3.39. The number of anilines is 2. The van der Waals surface area contributed by atoms with Gasteiger partial charge >= 0.3 is 0 Å². The van der Waals surface area contributed by atoms with Gasteiger partial charge in [-0.3, -0.25) is 9.10 Å². The molecule has 0 radical (unpaired) electrons. The van der Waals surface area contributed by atoms with Crippen LogP contribution in [0.5, 0.6) is 0 Å². The number of hydrogen-bond donors (Lipinski definition) is 0. The van der Waals surface area contributed by atoms with Gasteiger partial charge in [-0.1, -0.05) is 35.6 Å². The first kappa shape index (κ1) is 25.2. The summed E-state index contributed by atoms with van der Waals surface area (Å²) < 4.78 is 29.5. The minimum Gasteiger partial charge on any atom is -0.345 e. The van der Waals surface area contributed by atoms with Crippen LogP contribution in [0.2, 0.25) is 0 Å². The summed E-state index contributed by atoms with van der Waals surface area (Å²) in [6, 6.07) is 20.3. The number of benzene rings is 3. The molecule has 0 N–H and O–H groups in total. The second kappa shape index (κ2) is 10.2. The van der Waals surface area contributed by atoms with Crippen LogP contribution in [0.3, 0.4) is 0 Å². The molecular weight excluding hydrogens is 537 g/mol. The fraction of sp³-hybridized carbons (Fsp3) is 0.286. The van der Waals surface area contributed by atoms with Gasteiger partial charge in [-0.2, -0.15) is 0 Å². The first-order chi connectivity index (χ1) is 18.5. The molecule has 0 atom stereocenters. The van der Waals surface area contributed by atoms with Crippen molar-refractivity contribution in [1.29, 1.82) is 0 Å². The SMILES string of the molecule is CSc1cccc2sc(N3CCN(C(=O)c4ccc(S(=O)(=O)N5CCCc6ccccc65)cc4)CC3)nc12. The van der Waals surface area contributed by atoms with Crippen molar-refractivity contribution in [3.63, 3.8) is 0 Å². The van der Waals surface area contributed by atoms with E-state index in [0.29, 0.717) is 38.3 Å². The van der Waals surface area contributed by atoms with E-state index in [0.717, 1.165) is 34.7 Å². The molecule has 0 saturated carbocycles. The van der Waals surface area contributed by atoms with E-state index in [1.54, 1.807) is 47.4 Å². The lowest BCUT2D eigenvalue weighted by Crippen LogP contribution is -2.48. The number of piperazine rings is 1. The van der Waals surface area contributed by atoms with E-state index in [2.05, 4.69) is 29.4 Å². The number of nitrogens with zero attached hydrogens (tertiary/aromatic N) is 4. The molecule has 0 spiro atoms. The predicted molar refractivity (Wildman–Crippen MR) is 155 cm³/mol. The molecule has 1 saturated heterocycles. The van der Waals surface area contributed by atoms with E-state index in [1.807, 2.05) is 29.2 Å². The van der Waals surface area contributed by atoms with E-state index in [4.69, 9.17) is 4.98 Å². The van der Waals surface area contributed by atoms with Crippen molar-refractivity contribution in [2.24, 2.45) is 0 Å². The van der Waals surface area contributed by atoms with Gasteiger partial charge in [0.05, 0.1) is 20.8 Å². The van der Waals surface area contributed by atoms with Crippen LogP contribution in [0.4, 0.5) is 10.8 Å². The molecule has 0 aliphatic carbocycles. The Morgan fingerprint density at radius 2 is 1.68 bits per heavy atom. The minimum atomic E-state index is -3.70. The number of aryl methyl sites for hydroxylation is 1. The van der Waals surface area contributed by atoms with Crippen molar-refractivity contribution in [1.82, 2.24) is 9.88 Å². The summed E-state index contributed by atoms with van der Waals surface area (Å²) in [5, 5.41) is 0.988. The normalized spacial score (nSPS) is 16.1. The summed E-state index contributed by atoms with van der Waals surface area (Å²) in [6.07, 6.45) is 3.72. The average molecular weight is 565 g/mol. The Morgan fingerprint density at radius 1 is 0.921 bits per heavy atom. The quantitative estimate of drug-likeness (QED) is 0.313. The molecule has 3 heterocycles. The third-order valence-corrected chi connectivity index (χ3v) is 10.9. The molecule has 2 aliphatic rings. The fourth-order valence-corrected chi connectivity index (χ4v) is 8.35. The van der Waals surface area contributed by atoms with Crippen molar-refractivity contribution >= 4 is 60.1 Å². The van der Waals surface area contributed by atoms with Gasteiger partial charge in [0.25, 0.3) is 15.9 Å². The minimum absolute atomic E-state index is 0.0779. The van der Waals surface area contributed by atoms with Crippen molar-refractivity contribution in [2.45, 2.75) is 22.6 Å². The number of carbonyl (C=O) groups is 1. The average Bonchev–Trinajstić information content (AvgIpc) is 3.41. The number of rotatable bonds is 5. The monoisotopic (exact) mass is 564 g/mol. The summed E-state index contributed by atoms with van der Waals surface area (Å²) in [7, 11) is -3.70. The number of hydrogen-bond acceptors (Lipinski definition) is 7. The van der Waals surface area contributed by atoms with E-state index >= 15 is 0 Å². The number of para-hydroxylation sites is 2. The highest BCUT2D eigenvalue weighted by Gasteiger charge is 2.30. The number of sulfonamides is 1. The van der Waals surface area contributed by atoms with Gasteiger partial charge in [0.2, 0.25) is 0 Å². The largest absolute Gasteiger partial charge is 0.345 e. The van der Waals surface area contributed by atoms with Crippen LogP contribution in [0.25, 0.3) is 10.2 Å². The second-order valence-corrected chi connectivity index (χ2v) is 13.1. The molecule has 2 aliphatic heterocycles. The maximum absolute atomic E-state index is 13.4. The van der Waals surface area contributed by atoms with Crippen LogP contribution in [0.1, 0.15) is 22.3 Å². The molecule has 10 heteroatoms. The zero-order chi connectivity index (χ0) is 26.3. The lowest BCUT2D eigenvalue weighted by Gasteiger charge is -2.34. The first-order valence-corrected chi connectivity index (χ1v) is 16.1. The van der Waals surface area contributed by atoms with Crippen LogP contribution in [-0.4, -0.2) is 63.2 Å². The highest BCUT2D eigenvalue weighted by molar-refractivity contribution is 7.98. The fourth-order valence-electron chi connectivity index (χ4n) is 5.14. The third kappa shape index (κ3) is 4.54. The van der Waals surface area contributed by atoms with Crippen molar-refractivity contribution in [3.8, 4) is 0 Å². The molecule has 1 amide bonds. The van der Waals surface area contributed by atoms with Gasteiger partial charge in [0, 0.05) is 43.2 Å². The molecule has 0 unspecified atom stereocenters. The Labute approximate surface area is 231 Å². The maximum atomic E-state index is 13.4. The Kier molecular flexibility index (Phi) is 6.79. The van der Waals surface area contributed by atoms with Crippen molar-refractivity contribution in [2.75, 3.05) is 48.2 Å². The van der Waals surface area contributed by atoms with Crippen LogP contribution in [0, 0.1) is 0 Å². The van der Waals surface area contributed by atoms with Crippen LogP contribution < -0.4 is 9.21 Å². The van der Waals surface area contributed by atoms with Gasteiger partial charge < -0.3 is 9.80 Å². The van der Waals surface area contributed by atoms with Gasteiger partial charge in [0.1, 0.15) is 0 Å². The molecule has 7 nitrogen and oxygen atoms in total. The molecular formula is C28H28N4O3S3. The summed E-state index contributed by atoms with van der Waals surface area (Å²) in [4.78, 5) is 23.6. The second-order valence-electron chi connectivity index (χ2n) is 9.42. The molecule has 3 aromatic carbocycles. The van der Waals surface area contributed by atoms with Gasteiger partial charge in [-0.25, -0.2) is 13.4 Å². The lowest BCUT2D eigenvalue weighted by molar-refractivity contribution is 0.0746. The molecule has 6 rings (SSSR count). The smallest absolute Gasteiger partial charge is 0.264 e.